The molecule has 0 radical (unpaired) electrons. The first-order valence-electron chi connectivity index (χ1n) is 9.89. The highest BCUT2D eigenvalue weighted by molar-refractivity contribution is 9.10. The molecule has 0 amide bonds. The Balaban J connectivity index is 1.61. The van der Waals surface area contributed by atoms with Crippen LogP contribution in [0.15, 0.2) is 34.8 Å². The minimum atomic E-state index is 0.373. The van der Waals surface area contributed by atoms with Crippen LogP contribution in [0, 0.1) is 0 Å². The van der Waals surface area contributed by atoms with E-state index in [0.717, 1.165) is 35.2 Å². The first-order chi connectivity index (χ1) is 14.0. The third-order valence-electron chi connectivity index (χ3n) is 5.27. The van der Waals surface area contributed by atoms with Crippen molar-refractivity contribution >= 4 is 39.1 Å². The lowest BCUT2D eigenvalue weighted by Gasteiger charge is -2.23. The Labute approximate surface area is 191 Å². The molecule has 2 aromatic rings. The number of nitrogens with one attached hydrogen (secondary N) is 1. The van der Waals surface area contributed by atoms with Crippen LogP contribution in [0.2, 0.25) is 10.0 Å². The van der Waals surface area contributed by atoms with Crippen LogP contribution < -0.4 is 14.8 Å². The third-order valence-corrected chi connectivity index (χ3v) is 6.60. The quantitative estimate of drug-likeness (QED) is 0.462. The normalized spacial score (nSPS) is 16.9. The Morgan fingerprint density at radius 3 is 2.72 bits per heavy atom. The van der Waals surface area contributed by atoms with E-state index < -0.39 is 0 Å². The van der Waals surface area contributed by atoms with Crippen LogP contribution in [0.1, 0.15) is 30.9 Å². The molecule has 0 saturated carbocycles. The molecule has 0 spiro atoms. The van der Waals surface area contributed by atoms with Gasteiger partial charge in [-0.15, -0.1) is 0 Å². The van der Waals surface area contributed by atoms with Crippen molar-refractivity contribution in [2.24, 2.45) is 0 Å². The van der Waals surface area contributed by atoms with Gasteiger partial charge in [0.15, 0.2) is 11.5 Å². The lowest BCUT2D eigenvalue weighted by molar-refractivity contribution is 0.259. The van der Waals surface area contributed by atoms with Crippen LogP contribution >= 0.6 is 39.1 Å². The molecule has 1 aliphatic heterocycles. The van der Waals surface area contributed by atoms with Crippen LogP contribution in [-0.4, -0.2) is 37.7 Å². The van der Waals surface area contributed by atoms with Gasteiger partial charge in [0, 0.05) is 19.1 Å². The second-order valence-corrected chi connectivity index (χ2v) is 8.87. The number of methoxy groups -OCH3 is 1. The maximum Gasteiger partial charge on any atom is 0.175 e. The zero-order valence-corrected chi connectivity index (χ0v) is 19.9. The third kappa shape index (κ3) is 6.02. The number of rotatable bonds is 9. The van der Waals surface area contributed by atoms with Crippen molar-refractivity contribution in [3.05, 3.63) is 56.0 Å². The average molecular weight is 502 g/mol. The van der Waals surface area contributed by atoms with Gasteiger partial charge in [-0.2, -0.15) is 0 Å². The number of halogens is 3. The largest absolute Gasteiger partial charge is 0.493 e. The van der Waals surface area contributed by atoms with Crippen LogP contribution in [0.25, 0.3) is 0 Å². The first kappa shape index (κ1) is 22.7. The molecule has 3 rings (SSSR count). The van der Waals surface area contributed by atoms with Gasteiger partial charge in [0.25, 0.3) is 0 Å². The van der Waals surface area contributed by atoms with Gasteiger partial charge < -0.3 is 14.8 Å². The molecular formula is C22H27BrCl2N2O2. The predicted octanol–water partition coefficient (Wildman–Crippen LogP) is 5.92. The molecule has 1 aliphatic rings. The van der Waals surface area contributed by atoms with Crippen molar-refractivity contribution in [3.8, 4) is 11.5 Å². The van der Waals surface area contributed by atoms with E-state index in [2.05, 4.69) is 39.1 Å². The molecule has 1 atom stereocenters. The van der Waals surface area contributed by atoms with E-state index in [1.54, 1.807) is 13.2 Å². The minimum Gasteiger partial charge on any atom is -0.493 e. The molecule has 0 unspecified atom stereocenters. The molecule has 0 aromatic heterocycles. The maximum absolute atomic E-state index is 6.09. The summed E-state index contributed by atoms with van der Waals surface area (Å²) >= 11 is 15.7. The topological polar surface area (TPSA) is 33.7 Å². The van der Waals surface area contributed by atoms with E-state index in [1.165, 1.54) is 19.4 Å². The maximum atomic E-state index is 6.09. The zero-order chi connectivity index (χ0) is 20.8. The van der Waals surface area contributed by atoms with E-state index in [1.807, 2.05) is 18.2 Å². The highest BCUT2D eigenvalue weighted by Gasteiger charge is 2.22. The summed E-state index contributed by atoms with van der Waals surface area (Å²) < 4.78 is 12.4. The number of hydrogen-bond donors (Lipinski definition) is 1. The van der Waals surface area contributed by atoms with Crippen LogP contribution in [0.5, 0.6) is 11.5 Å². The molecule has 1 heterocycles. The smallest absolute Gasteiger partial charge is 0.175 e. The Morgan fingerprint density at radius 1 is 1.17 bits per heavy atom. The molecule has 0 bridgehead atoms. The van der Waals surface area contributed by atoms with Gasteiger partial charge in [-0.05, 0) is 77.3 Å². The molecule has 1 N–H and O–H groups in total. The number of nitrogens with zero attached hydrogens (tertiary/aromatic N) is 1. The van der Waals surface area contributed by atoms with Gasteiger partial charge in [-0.25, -0.2) is 0 Å². The van der Waals surface area contributed by atoms with Crippen molar-refractivity contribution in [3.63, 3.8) is 0 Å². The number of likely N-dealkylation sites (N-methyl/N-ethyl adjacent to an activating group) is 1. The van der Waals surface area contributed by atoms with Crippen molar-refractivity contribution in [2.45, 2.75) is 39.0 Å². The van der Waals surface area contributed by atoms with Gasteiger partial charge >= 0.3 is 0 Å². The van der Waals surface area contributed by atoms with E-state index in [9.17, 15) is 0 Å². The highest BCUT2D eigenvalue weighted by atomic mass is 79.9. The van der Waals surface area contributed by atoms with Gasteiger partial charge in [-0.3, -0.25) is 4.90 Å². The predicted molar refractivity (Wildman–Crippen MR) is 123 cm³/mol. The Hall–Kier alpha value is -0.980. The number of benzene rings is 2. The summed E-state index contributed by atoms with van der Waals surface area (Å²) in [5.41, 5.74) is 2.09. The molecule has 4 nitrogen and oxygen atoms in total. The fourth-order valence-corrected chi connectivity index (χ4v) is 4.65. The average Bonchev–Trinajstić information content (AvgIpc) is 3.17. The Kier molecular flexibility index (Phi) is 8.51. The van der Waals surface area contributed by atoms with Crippen molar-refractivity contribution < 1.29 is 9.47 Å². The van der Waals surface area contributed by atoms with Crippen LogP contribution in [0.3, 0.4) is 0 Å². The van der Waals surface area contributed by atoms with Crippen LogP contribution in [-0.2, 0) is 13.2 Å². The van der Waals surface area contributed by atoms with Crippen molar-refractivity contribution in [1.29, 1.82) is 0 Å². The Bertz CT molecular complexity index is 835. The standard InChI is InChI=1S/C22H27BrCl2N2O2/c1-3-27-8-4-5-17(27)13-26-12-16-9-18(23)22(21(11-16)28-2)29-14-15-6-7-19(24)20(25)10-15/h6-7,9-11,17,26H,3-5,8,12-14H2,1-2H3/t17-/m1/s1. The molecule has 158 valence electrons. The van der Waals surface area contributed by atoms with Crippen LogP contribution in [0.4, 0.5) is 0 Å². The number of hydrogen-bond acceptors (Lipinski definition) is 4. The van der Waals surface area contributed by atoms with E-state index in [-0.39, 0.29) is 0 Å². The lowest BCUT2D eigenvalue weighted by atomic mass is 10.1. The SMILES string of the molecule is CCN1CCC[C@@H]1CNCc1cc(Br)c(OCc2ccc(Cl)c(Cl)c2)c(OC)c1. The molecule has 1 fully saturated rings. The highest BCUT2D eigenvalue weighted by Crippen LogP contribution is 2.37. The Morgan fingerprint density at radius 2 is 2.00 bits per heavy atom. The first-order valence-corrected chi connectivity index (χ1v) is 11.4. The summed E-state index contributed by atoms with van der Waals surface area (Å²) in [4.78, 5) is 2.55. The second-order valence-electron chi connectivity index (χ2n) is 7.20. The monoisotopic (exact) mass is 500 g/mol. The second kappa shape index (κ2) is 10.9. The fourth-order valence-electron chi connectivity index (χ4n) is 3.73. The van der Waals surface area contributed by atoms with E-state index >= 15 is 0 Å². The van der Waals surface area contributed by atoms with E-state index in [4.69, 9.17) is 32.7 Å². The van der Waals surface area contributed by atoms with Gasteiger partial charge in [-0.1, -0.05) is 36.2 Å². The lowest BCUT2D eigenvalue weighted by Crippen LogP contribution is -2.37. The summed E-state index contributed by atoms with van der Waals surface area (Å²) in [6.45, 7) is 6.73. The minimum absolute atomic E-state index is 0.373. The summed E-state index contributed by atoms with van der Waals surface area (Å²) in [6, 6.07) is 10.2. The molecule has 29 heavy (non-hydrogen) atoms. The molecular weight excluding hydrogens is 475 g/mol. The van der Waals surface area contributed by atoms with Gasteiger partial charge in [0.05, 0.1) is 21.6 Å². The zero-order valence-electron chi connectivity index (χ0n) is 16.8. The molecule has 2 aromatic carbocycles. The number of ether oxygens (including phenoxy) is 2. The summed E-state index contributed by atoms with van der Waals surface area (Å²) in [6.07, 6.45) is 2.57. The summed E-state index contributed by atoms with van der Waals surface area (Å²) in [7, 11) is 1.66. The van der Waals surface area contributed by atoms with E-state index in [0.29, 0.717) is 34.2 Å². The van der Waals surface area contributed by atoms with Gasteiger partial charge in [0.2, 0.25) is 0 Å². The number of likely N-dealkylation sites (tertiary alicyclic amines) is 1. The summed E-state index contributed by atoms with van der Waals surface area (Å²) in [5.74, 6) is 1.38. The fraction of sp³-hybridized carbons (Fsp3) is 0.455. The molecule has 0 aliphatic carbocycles. The molecule has 1 saturated heterocycles. The van der Waals surface area contributed by atoms with Gasteiger partial charge in [0.1, 0.15) is 6.61 Å². The van der Waals surface area contributed by atoms with Crippen molar-refractivity contribution in [2.75, 3.05) is 26.7 Å². The molecule has 7 heteroatoms. The summed E-state index contributed by atoms with van der Waals surface area (Å²) in [5, 5.41) is 4.64. The van der Waals surface area contributed by atoms with Crippen molar-refractivity contribution in [1.82, 2.24) is 10.2 Å².